The molecule has 1 atom stereocenters. The minimum absolute atomic E-state index is 0.487. The van der Waals surface area contributed by atoms with Gasteiger partial charge in [0.1, 0.15) is 0 Å². The van der Waals surface area contributed by atoms with Crippen molar-refractivity contribution in [2.75, 3.05) is 18.1 Å². The molecule has 1 rings (SSSR count). The lowest BCUT2D eigenvalue weighted by Gasteiger charge is -2.19. The normalized spacial score (nSPS) is 12.9. The molecule has 0 fully saturated rings. The van der Waals surface area contributed by atoms with Crippen molar-refractivity contribution in [2.24, 2.45) is 5.92 Å². The molecule has 1 nitrogen and oxygen atoms in total. The molecule has 108 valence electrons. The fourth-order valence-corrected chi connectivity index (χ4v) is 3.37. The van der Waals surface area contributed by atoms with Crippen LogP contribution in [0.2, 0.25) is 0 Å². The molecule has 1 aromatic rings. The Balaban J connectivity index is 2.58. The number of benzene rings is 1. The first kappa shape index (κ1) is 16.6. The predicted molar refractivity (Wildman–Crippen MR) is 89.1 cm³/mol. The summed E-state index contributed by atoms with van der Waals surface area (Å²) >= 11 is 2.07. The van der Waals surface area contributed by atoms with E-state index in [9.17, 15) is 0 Å². The summed E-state index contributed by atoms with van der Waals surface area (Å²) < 4.78 is 0. The van der Waals surface area contributed by atoms with Crippen molar-refractivity contribution in [1.82, 2.24) is 5.32 Å². The van der Waals surface area contributed by atoms with Crippen molar-refractivity contribution in [1.29, 1.82) is 0 Å². The maximum absolute atomic E-state index is 3.61. The third-order valence-electron chi connectivity index (χ3n) is 3.51. The maximum atomic E-state index is 3.61. The molecule has 0 spiro atoms. The second-order valence-electron chi connectivity index (χ2n) is 5.71. The van der Waals surface area contributed by atoms with Gasteiger partial charge < -0.3 is 5.32 Å². The fraction of sp³-hybridized carbons (Fsp3) is 0.647. The van der Waals surface area contributed by atoms with E-state index in [1.54, 1.807) is 0 Å². The van der Waals surface area contributed by atoms with Gasteiger partial charge in [-0.25, -0.2) is 0 Å². The van der Waals surface area contributed by atoms with Gasteiger partial charge in [-0.15, -0.1) is 0 Å². The van der Waals surface area contributed by atoms with Crippen LogP contribution in [0.15, 0.2) is 18.2 Å². The van der Waals surface area contributed by atoms with Gasteiger partial charge in [0.2, 0.25) is 0 Å². The molecule has 19 heavy (non-hydrogen) atoms. The van der Waals surface area contributed by atoms with Crippen LogP contribution < -0.4 is 5.32 Å². The molecule has 0 saturated heterocycles. The monoisotopic (exact) mass is 279 g/mol. The summed E-state index contributed by atoms with van der Waals surface area (Å²) in [6.07, 6.45) is 1.32. The zero-order chi connectivity index (χ0) is 14.3. The van der Waals surface area contributed by atoms with Gasteiger partial charge in [0.05, 0.1) is 0 Å². The molecule has 0 aromatic heterocycles. The summed E-state index contributed by atoms with van der Waals surface area (Å²) in [5.41, 5.74) is 4.21. The van der Waals surface area contributed by atoms with Crippen molar-refractivity contribution in [2.45, 2.75) is 47.1 Å². The molecule has 1 aromatic carbocycles. The number of thioether (sulfide) groups is 1. The van der Waals surface area contributed by atoms with E-state index < -0.39 is 0 Å². The first-order chi connectivity index (χ1) is 9.04. The average molecular weight is 279 g/mol. The van der Waals surface area contributed by atoms with Crippen LogP contribution in [0, 0.1) is 19.8 Å². The lowest BCUT2D eigenvalue weighted by molar-refractivity contribution is 0.602. The molecule has 1 N–H and O–H groups in total. The summed E-state index contributed by atoms with van der Waals surface area (Å²) in [6, 6.07) is 7.35. The van der Waals surface area contributed by atoms with Gasteiger partial charge in [0.25, 0.3) is 0 Å². The Hall–Kier alpha value is -0.470. The Morgan fingerprint density at radius 2 is 1.89 bits per heavy atom. The van der Waals surface area contributed by atoms with Crippen molar-refractivity contribution < 1.29 is 0 Å². The highest BCUT2D eigenvalue weighted by molar-refractivity contribution is 7.99. The van der Waals surface area contributed by atoms with Gasteiger partial charge in [-0.1, -0.05) is 39.0 Å². The fourth-order valence-electron chi connectivity index (χ4n) is 2.02. The average Bonchev–Trinajstić information content (AvgIpc) is 2.36. The van der Waals surface area contributed by atoms with Crippen LogP contribution in [-0.4, -0.2) is 18.1 Å². The molecule has 0 heterocycles. The predicted octanol–water partition coefficient (Wildman–Crippen LogP) is 4.73. The summed E-state index contributed by atoms with van der Waals surface area (Å²) in [5, 5.41) is 3.61. The van der Waals surface area contributed by atoms with E-state index in [4.69, 9.17) is 0 Å². The lowest BCUT2D eigenvalue weighted by Crippen LogP contribution is -2.23. The minimum Gasteiger partial charge on any atom is -0.310 e. The van der Waals surface area contributed by atoms with Crippen LogP contribution in [-0.2, 0) is 0 Å². The number of nitrogens with one attached hydrogen (secondary N) is 1. The van der Waals surface area contributed by atoms with E-state index in [-0.39, 0.29) is 0 Å². The second kappa shape index (κ2) is 8.65. The molecule has 0 radical (unpaired) electrons. The number of rotatable bonds is 8. The molecule has 0 aliphatic heterocycles. The molecule has 2 heteroatoms. The number of hydrogen-bond acceptors (Lipinski definition) is 2. The Labute approximate surface area is 123 Å². The molecular formula is C17H29NS. The Kier molecular flexibility index (Phi) is 7.55. The molecule has 1 unspecified atom stereocenters. The topological polar surface area (TPSA) is 12.0 Å². The van der Waals surface area contributed by atoms with Crippen molar-refractivity contribution in [3.8, 4) is 0 Å². The molecule has 0 amide bonds. The van der Waals surface area contributed by atoms with E-state index >= 15 is 0 Å². The van der Waals surface area contributed by atoms with Crippen LogP contribution in [0.5, 0.6) is 0 Å². The Morgan fingerprint density at radius 1 is 1.16 bits per heavy atom. The molecule has 0 bridgehead atoms. The zero-order valence-corrected chi connectivity index (χ0v) is 13.9. The van der Waals surface area contributed by atoms with Gasteiger partial charge in [0.15, 0.2) is 0 Å². The highest BCUT2D eigenvalue weighted by Gasteiger charge is 2.11. The third kappa shape index (κ3) is 6.01. The minimum atomic E-state index is 0.487. The largest absolute Gasteiger partial charge is 0.310 e. The standard InChI is InChI=1S/C17H29NS/c1-6-18-17(12-19-10-9-13(2)3)16-8-7-14(4)15(5)11-16/h7-8,11,13,17-18H,6,9-10,12H2,1-5H3. The molecule has 0 saturated carbocycles. The summed E-state index contributed by atoms with van der Waals surface area (Å²) in [7, 11) is 0. The van der Waals surface area contributed by atoms with Crippen LogP contribution in [0.1, 0.15) is 49.9 Å². The SMILES string of the molecule is CCNC(CSCCC(C)C)c1ccc(C)c(C)c1. The van der Waals surface area contributed by atoms with Gasteiger partial charge >= 0.3 is 0 Å². The van der Waals surface area contributed by atoms with Crippen LogP contribution in [0.3, 0.4) is 0 Å². The zero-order valence-electron chi connectivity index (χ0n) is 13.1. The van der Waals surface area contributed by atoms with Crippen LogP contribution in [0.4, 0.5) is 0 Å². The molecule has 0 aliphatic rings. The second-order valence-corrected chi connectivity index (χ2v) is 6.86. The highest BCUT2D eigenvalue weighted by atomic mass is 32.2. The summed E-state index contributed by atoms with van der Waals surface area (Å²) in [4.78, 5) is 0. The smallest absolute Gasteiger partial charge is 0.0411 e. The van der Waals surface area contributed by atoms with E-state index in [0.717, 1.165) is 12.5 Å². The maximum Gasteiger partial charge on any atom is 0.0411 e. The van der Waals surface area contributed by atoms with E-state index in [1.165, 1.54) is 34.6 Å². The number of hydrogen-bond donors (Lipinski definition) is 1. The number of aryl methyl sites for hydroxylation is 2. The molecular weight excluding hydrogens is 250 g/mol. The first-order valence-electron chi connectivity index (χ1n) is 7.42. The Morgan fingerprint density at radius 3 is 2.47 bits per heavy atom. The van der Waals surface area contributed by atoms with Crippen molar-refractivity contribution in [3.05, 3.63) is 34.9 Å². The van der Waals surface area contributed by atoms with Gasteiger partial charge in [-0.05, 0) is 55.2 Å². The Bertz CT molecular complexity index is 374. The van der Waals surface area contributed by atoms with E-state index in [0.29, 0.717) is 6.04 Å². The van der Waals surface area contributed by atoms with E-state index in [1.807, 2.05) is 0 Å². The molecule has 0 aliphatic carbocycles. The van der Waals surface area contributed by atoms with Gasteiger partial charge in [-0.3, -0.25) is 0 Å². The first-order valence-corrected chi connectivity index (χ1v) is 8.58. The van der Waals surface area contributed by atoms with Crippen LogP contribution >= 0.6 is 11.8 Å². The summed E-state index contributed by atoms with van der Waals surface area (Å²) in [6.45, 7) is 12.2. The van der Waals surface area contributed by atoms with Crippen molar-refractivity contribution >= 4 is 11.8 Å². The lowest BCUT2D eigenvalue weighted by atomic mass is 10.0. The van der Waals surface area contributed by atoms with Gasteiger partial charge in [-0.2, -0.15) is 11.8 Å². The highest BCUT2D eigenvalue weighted by Crippen LogP contribution is 2.22. The third-order valence-corrected chi connectivity index (χ3v) is 4.60. The van der Waals surface area contributed by atoms with Crippen molar-refractivity contribution in [3.63, 3.8) is 0 Å². The summed E-state index contributed by atoms with van der Waals surface area (Å²) in [5.74, 6) is 3.25. The van der Waals surface area contributed by atoms with Crippen LogP contribution in [0.25, 0.3) is 0 Å². The van der Waals surface area contributed by atoms with E-state index in [2.05, 4.69) is 69.9 Å². The quantitative estimate of drug-likeness (QED) is 0.690. The van der Waals surface area contributed by atoms with Gasteiger partial charge in [0, 0.05) is 11.8 Å².